The molecule has 0 aliphatic rings. The van der Waals surface area contributed by atoms with Crippen LogP contribution in [0.5, 0.6) is 0 Å². The number of thiazole rings is 1. The van der Waals surface area contributed by atoms with Crippen LogP contribution in [0.1, 0.15) is 12.1 Å². The van der Waals surface area contributed by atoms with Crippen LogP contribution in [0, 0.1) is 11.3 Å². The van der Waals surface area contributed by atoms with E-state index in [1.54, 1.807) is 11.8 Å². The SMILES string of the molecule is N#CCCSCc1csc(NC(N)=S)n1. The van der Waals surface area contributed by atoms with Crippen molar-refractivity contribution >= 4 is 45.6 Å². The zero-order chi connectivity index (χ0) is 11.1. The third-order valence-electron chi connectivity index (χ3n) is 1.39. The van der Waals surface area contributed by atoms with E-state index >= 15 is 0 Å². The van der Waals surface area contributed by atoms with E-state index in [4.69, 9.17) is 23.2 Å². The van der Waals surface area contributed by atoms with Crippen molar-refractivity contribution in [2.45, 2.75) is 12.2 Å². The fourth-order valence-corrected chi connectivity index (χ4v) is 2.56. The van der Waals surface area contributed by atoms with E-state index in [2.05, 4.69) is 16.4 Å². The lowest BCUT2D eigenvalue weighted by molar-refractivity contribution is 1.20. The predicted octanol–water partition coefficient (Wildman–Crippen LogP) is 1.95. The first kappa shape index (κ1) is 12.2. The molecule has 0 saturated carbocycles. The molecule has 0 saturated heterocycles. The van der Waals surface area contributed by atoms with Gasteiger partial charge in [-0.15, -0.1) is 11.3 Å². The van der Waals surface area contributed by atoms with Crippen molar-refractivity contribution in [1.82, 2.24) is 4.98 Å². The Bertz CT molecular complexity index is 368. The predicted molar refractivity (Wildman–Crippen MR) is 68.9 cm³/mol. The molecule has 0 bridgehead atoms. The van der Waals surface area contributed by atoms with E-state index < -0.39 is 0 Å². The molecule has 3 N–H and O–H groups in total. The minimum atomic E-state index is 0.230. The smallest absolute Gasteiger partial charge is 0.189 e. The van der Waals surface area contributed by atoms with Crippen LogP contribution in [0.4, 0.5) is 5.13 Å². The molecular weight excluding hydrogens is 248 g/mol. The molecular formula is C8H10N4S3. The molecule has 1 aromatic rings. The number of anilines is 1. The molecule has 1 aromatic heterocycles. The molecule has 1 rings (SSSR count). The van der Waals surface area contributed by atoms with Gasteiger partial charge in [-0.25, -0.2) is 4.98 Å². The van der Waals surface area contributed by atoms with E-state index in [-0.39, 0.29) is 5.11 Å². The van der Waals surface area contributed by atoms with Crippen LogP contribution < -0.4 is 11.1 Å². The maximum atomic E-state index is 8.35. The van der Waals surface area contributed by atoms with Crippen LogP contribution in [0.3, 0.4) is 0 Å². The molecule has 7 heteroatoms. The van der Waals surface area contributed by atoms with Gasteiger partial charge in [-0.2, -0.15) is 17.0 Å². The molecule has 80 valence electrons. The summed E-state index contributed by atoms with van der Waals surface area (Å²) in [5.74, 6) is 1.66. The highest BCUT2D eigenvalue weighted by Gasteiger charge is 2.02. The molecule has 4 nitrogen and oxygen atoms in total. The van der Waals surface area contributed by atoms with Crippen LogP contribution in [-0.4, -0.2) is 15.8 Å². The van der Waals surface area contributed by atoms with Crippen molar-refractivity contribution in [3.05, 3.63) is 11.1 Å². The third-order valence-corrected chi connectivity index (χ3v) is 3.29. The van der Waals surface area contributed by atoms with Crippen LogP contribution >= 0.6 is 35.3 Å². The van der Waals surface area contributed by atoms with Gasteiger partial charge in [0.05, 0.1) is 11.8 Å². The zero-order valence-electron chi connectivity index (χ0n) is 7.90. The number of nitrogens with zero attached hydrogens (tertiary/aromatic N) is 2. The lowest BCUT2D eigenvalue weighted by Crippen LogP contribution is -2.18. The maximum absolute atomic E-state index is 8.35. The minimum Gasteiger partial charge on any atom is -0.376 e. The largest absolute Gasteiger partial charge is 0.376 e. The third kappa shape index (κ3) is 4.97. The molecule has 0 unspecified atom stereocenters. The number of nitriles is 1. The summed E-state index contributed by atoms with van der Waals surface area (Å²) in [6.07, 6.45) is 0.576. The fraction of sp³-hybridized carbons (Fsp3) is 0.375. The Balaban J connectivity index is 2.33. The standard InChI is InChI=1S/C8H10N4S3/c9-2-1-3-14-4-6-5-15-8(11-6)12-7(10)13/h5H,1,3-4H2,(H3,10,11,12,13). The second-order valence-electron chi connectivity index (χ2n) is 2.59. The summed E-state index contributed by atoms with van der Waals surface area (Å²) in [7, 11) is 0. The molecule has 0 fully saturated rings. The molecule has 0 aromatic carbocycles. The van der Waals surface area contributed by atoms with Gasteiger partial charge in [0.2, 0.25) is 0 Å². The Morgan fingerprint density at radius 3 is 3.27 bits per heavy atom. The Hall–Kier alpha value is -0.840. The summed E-state index contributed by atoms with van der Waals surface area (Å²) in [5.41, 5.74) is 6.31. The highest BCUT2D eigenvalue weighted by atomic mass is 32.2. The topological polar surface area (TPSA) is 74.7 Å². The van der Waals surface area contributed by atoms with Crippen LogP contribution in [0.2, 0.25) is 0 Å². The van der Waals surface area contributed by atoms with Crippen LogP contribution in [0.25, 0.3) is 0 Å². The van der Waals surface area contributed by atoms with Gasteiger partial charge in [-0.05, 0) is 12.2 Å². The Morgan fingerprint density at radius 2 is 2.60 bits per heavy atom. The van der Waals surface area contributed by atoms with Gasteiger partial charge in [-0.1, -0.05) is 0 Å². The lowest BCUT2D eigenvalue weighted by atomic mass is 10.6. The molecule has 0 amide bonds. The van der Waals surface area contributed by atoms with E-state index in [1.807, 2.05) is 5.38 Å². The minimum absolute atomic E-state index is 0.230. The number of hydrogen-bond acceptors (Lipinski definition) is 5. The monoisotopic (exact) mass is 258 g/mol. The van der Waals surface area contributed by atoms with Gasteiger partial charge < -0.3 is 11.1 Å². The number of rotatable bonds is 5. The van der Waals surface area contributed by atoms with E-state index in [1.165, 1.54) is 11.3 Å². The molecule has 0 radical (unpaired) electrons. The normalized spacial score (nSPS) is 9.53. The number of nitrogens with two attached hydrogens (primary N) is 1. The van der Waals surface area contributed by atoms with Gasteiger partial charge >= 0.3 is 0 Å². The summed E-state index contributed by atoms with van der Waals surface area (Å²) in [5, 5.41) is 14.0. The lowest BCUT2D eigenvalue weighted by Gasteiger charge is -1.96. The Kier molecular flexibility index (Phi) is 5.39. The number of thiocarbonyl (C=S) groups is 1. The summed E-state index contributed by atoms with van der Waals surface area (Å²) in [6.45, 7) is 0. The summed E-state index contributed by atoms with van der Waals surface area (Å²) in [6, 6.07) is 2.10. The van der Waals surface area contributed by atoms with Crippen molar-refractivity contribution in [1.29, 1.82) is 5.26 Å². The number of hydrogen-bond donors (Lipinski definition) is 2. The van der Waals surface area contributed by atoms with Crippen molar-refractivity contribution in [2.75, 3.05) is 11.1 Å². The van der Waals surface area contributed by atoms with Crippen molar-refractivity contribution in [3.63, 3.8) is 0 Å². The van der Waals surface area contributed by atoms with Crippen molar-refractivity contribution < 1.29 is 0 Å². The Morgan fingerprint density at radius 1 is 1.80 bits per heavy atom. The first-order chi connectivity index (χ1) is 7.22. The second kappa shape index (κ2) is 6.61. The maximum Gasteiger partial charge on any atom is 0.189 e. The molecule has 0 atom stereocenters. The van der Waals surface area contributed by atoms with Gasteiger partial charge in [0, 0.05) is 23.3 Å². The fourth-order valence-electron chi connectivity index (χ4n) is 0.831. The number of nitrogens with one attached hydrogen (secondary N) is 1. The first-order valence-corrected chi connectivity index (χ1v) is 6.62. The molecule has 0 spiro atoms. The average Bonchev–Trinajstić information content (AvgIpc) is 2.59. The summed E-state index contributed by atoms with van der Waals surface area (Å²) >= 11 is 7.87. The molecule has 0 aliphatic carbocycles. The second-order valence-corrected chi connectivity index (χ2v) is 5.00. The zero-order valence-corrected chi connectivity index (χ0v) is 10.3. The first-order valence-electron chi connectivity index (χ1n) is 4.18. The Labute approximate surface area is 102 Å². The highest BCUT2D eigenvalue weighted by molar-refractivity contribution is 7.98. The summed E-state index contributed by atoms with van der Waals surface area (Å²) < 4.78 is 0. The molecule has 0 aliphatic heterocycles. The van der Waals surface area contributed by atoms with Gasteiger partial charge in [0.25, 0.3) is 0 Å². The molecule has 1 heterocycles. The van der Waals surface area contributed by atoms with Gasteiger partial charge in [0.15, 0.2) is 10.2 Å². The molecule has 15 heavy (non-hydrogen) atoms. The van der Waals surface area contributed by atoms with Crippen molar-refractivity contribution in [3.8, 4) is 6.07 Å². The summed E-state index contributed by atoms with van der Waals surface area (Å²) in [4.78, 5) is 4.28. The number of aromatic nitrogens is 1. The van der Waals surface area contributed by atoms with Crippen molar-refractivity contribution in [2.24, 2.45) is 5.73 Å². The van der Waals surface area contributed by atoms with Gasteiger partial charge in [0.1, 0.15) is 0 Å². The highest BCUT2D eigenvalue weighted by Crippen LogP contribution is 2.19. The van der Waals surface area contributed by atoms with E-state index in [0.29, 0.717) is 6.42 Å². The quantitative estimate of drug-likeness (QED) is 0.621. The van der Waals surface area contributed by atoms with E-state index in [0.717, 1.165) is 22.3 Å². The average molecular weight is 258 g/mol. The van der Waals surface area contributed by atoms with Crippen LogP contribution in [-0.2, 0) is 5.75 Å². The number of thioether (sulfide) groups is 1. The van der Waals surface area contributed by atoms with E-state index in [9.17, 15) is 0 Å². The van der Waals surface area contributed by atoms with Crippen LogP contribution in [0.15, 0.2) is 5.38 Å². The van der Waals surface area contributed by atoms with Gasteiger partial charge in [-0.3, -0.25) is 0 Å².